The molecule has 0 aromatic heterocycles. The fourth-order valence-corrected chi connectivity index (χ4v) is 3.51. The first kappa shape index (κ1) is 23.4. The summed E-state index contributed by atoms with van der Waals surface area (Å²) < 4.78 is 30.7. The van der Waals surface area contributed by atoms with Crippen LogP contribution in [0.25, 0.3) is 0 Å². The van der Waals surface area contributed by atoms with Crippen LogP contribution in [0.3, 0.4) is 0 Å². The van der Waals surface area contributed by atoms with Gasteiger partial charge in [0.1, 0.15) is 6.04 Å². The minimum Gasteiger partial charge on any atom is -0.462 e. The van der Waals surface area contributed by atoms with Gasteiger partial charge in [-0.1, -0.05) is 6.07 Å². The van der Waals surface area contributed by atoms with Gasteiger partial charge < -0.3 is 15.4 Å². The molecule has 2 aromatic rings. The number of rotatable bonds is 8. The molecule has 0 aliphatic carbocycles. The Bertz CT molecular complexity index is 1020. The standard InChI is InChI=1S/C21H27N3O5S/c1-6-29-21(26)16-8-10-17(11-9-16)22-15(3)20(25)23-19-13-18(12-7-14(19)2)30(27,28)24(4)5/h7-13,15,22H,6H2,1-5H3,(H,23,25). The number of benzene rings is 2. The highest BCUT2D eigenvalue weighted by molar-refractivity contribution is 7.89. The zero-order chi connectivity index (χ0) is 22.5. The quantitative estimate of drug-likeness (QED) is 0.621. The second-order valence-corrected chi connectivity index (χ2v) is 9.07. The largest absolute Gasteiger partial charge is 0.462 e. The van der Waals surface area contributed by atoms with Crippen LogP contribution >= 0.6 is 0 Å². The summed E-state index contributed by atoms with van der Waals surface area (Å²) in [5.41, 5.74) is 2.25. The average molecular weight is 434 g/mol. The third-order valence-corrected chi connectivity index (χ3v) is 6.23. The number of anilines is 2. The van der Waals surface area contributed by atoms with Gasteiger partial charge in [-0.3, -0.25) is 4.79 Å². The number of ether oxygens (including phenoxy) is 1. The number of aryl methyl sites for hydroxylation is 1. The highest BCUT2D eigenvalue weighted by atomic mass is 32.2. The molecule has 0 radical (unpaired) electrons. The van der Waals surface area contributed by atoms with Crippen molar-refractivity contribution in [2.24, 2.45) is 0 Å². The summed E-state index contributed by atoms with van der Waals surface area (Å²) in [5, 5.41) is 5.82. The number of sulfonamides is 1. The van der Waals surface area contributed by atoms with Crippen LogP contribution in [0.2, 0.25) is 0 Å². The first-order valence-electron chi connectivity index (χ1n) is 9.44. The zero-order valence-corrected chi connectivity index (χ0v) is 18.5. The Hall–Kier alpha value is -2.91. The molecule has 0 heterocycles. The Kier molecular flexibility index (Phi) is 7.58. The van der Waals surface area contributed by atoms with Crippen LogP contribution in [0.15, 0.2) is 47.4 Å². The Morgan fingerprint density at radius 1 is 1.10 bits per heavy atom. The van der Waals surface area contributed by atoms with Gasteiger partial charge >= 0.3 is 5.97 Å². The fourth-order valence-electron chi connectivity index (χ4n) is 2.58. The van der Waals surface area contributed by atoms with E-state index in [-0.39, 0.29) is 10.8 Å². The van der Waals surface area contributed by atoms with E-state index in [4.69, 9.17) is 4.74 Å². The van der Waals surface area contributed by atoms with Crippen molar-refractivity contribution in [3.63, 3.8) is 0 Å². The highest BCUT2D eigenvalue weighted by Crippen LogP contribution is 2.22. The van der Waals surface area contributed by atoms with Gasteiger partial charge in [0, 0.05) is 25.5 Å². The maximum absolute atomic E-state index is 12.6. The van der Waals surface area contributed by atoms with Crippen LogP contribution in [0, 0.1) is 6.92 Å². The molecule has 0 saturated carbocycles. The third-order valence-electron chi connectivity index (χ3n) is 4.42. The third kappa shape index (κ3) is 5.58. The van der Waals surface area contributed by atoms with Crippen LogP contribution < -0.4 is 10.6 Å². The van der Waals surface area contributed by atoms with E-state index in [1.54, 1.807) is 51.1 Å². The highest BCUT2D eigenvalue weighted by Gasteiger charge is 2.20. The summed E-state index contributed by atoms with van der Waals surface area (Å²) in [6, 6.07) is 10.6. The number of nitrogens with one attached hydrogen (secondary N) is 2. The smallest absolute Gasteiger partial charge is 0.338 e. The Labute approximate surface area is 177 Å². The number of hydrogen-bond donors (Lipinski definition) is 2. The Morgan fingerprint density at radius 2 is 1.73 bits per heavy atom. The number of amides is 1. The minimum absolute atomic E-state index is 0.101. The van der Waals surface area contributed by atoms with Gasteiger partial charge in [0.15, 0.2) is 0 Å². The molecule has 0 aliphatic rings. The van der Waals surface area contributed by atoms with Crippen LogP contribution in [0.1, 0.15) is 29.8 Å². The fraction of sp³-hybridized carbons (Fsp3) is 0.333. The molecule has 0 saturated heterocycles. The van der Waals surface area contributed by atoms with Crippen molar-refractivity contribution >= 4 is 33.3 Å². The number of carbonyl (C=O) groups excluding carboxylic acids is 2. The topological polar surface area (TPSA) is 105 Å². The van der Waals surface area contributed by atoms with Crippen LogP contribution in [0.4, 0.5) is 11.4 Å². The van der Waals surface area contributed by atoms with Gasteiger partial charge in [-0.15, -0.1) is 0 Å². The van der Waals surface area contributed by atoms with E-state index in [1.165, 1.54) is 26.2 Å². The van der Waals surface area contributed by atoms with E-state index < -0.39 is 22.0 Å². The number of hydrogen-bond acceptors (Lipinski definition) is 6. The van der Waals surface area contributed by atoms with Crippen molar-refractivity contribution in [2.75, 3.05) is 31.3 Å². The van der Waals surface area contributed by atoms with Gasteiger partial charge in [0.25, 0.3) is 0 Å². The van der Waals surface area contributed by atoms with Crippen molar-refractivity contribution < 1.29 is 22.7 Å². The lowest BCUT2D eigenvalue weighted by atomic mass is 10.1. The second kappa shape index (κ2) is 9.73. The molecular weight excluding hydrogens is 406 g/mol. The maximum atomic E-state index is 12.6. The molecule has 1 unspecified atom stereocenters. The molecule has 0 spiro atoms. The van der Waals surface area contributed by atoms with E-state index in [1.807, 2.05) is 0 Å². The summed E-state index contributed by atoms with van der Waals surface area (Å²) >= 11 is 0. The van der Waals surface area contributed by atoms with Gasteiger partial charge in [-0.05, 0) is 62.7 Å². The van der Waals surface area contributed by atoms with E-state index in [2.05, 4.69) is 10.6 Å². The molecular formula is C21H27N3O5S. The summed E-state index contributed by atoms with van der Waals surface area (Å²) in [6.45, 7) is 5.51. The molecule has 1 atom stereocenters. The second-order valence-electron chi connectivity index (χ2n) is 6.92. The summed E-state index contributed by atoms with van der Waals surface area (Å²) in [6.07, 6.45) is 0. The van der Waals surface area contributed by atoms with Gasteiger partial charge in [-0.25, -0.2) is 17.5 Å². The lowest BCUT2D eigenvalue weighted by Gasteiger charge is -2.18. The molecule has 9 heteroatoms. The minimum atomic E-state index is -3.61. The molecule has 0 bridgehead atoms. The molecule has 2 rings (SSSR count). The van der Waals surface area contributed by atoms with Crippen molar-refractivity contribution in [1.82, 2.24) is 4.31 Å². The van der Waals surface area contributed by atoms with E-state index in [0.29, 0.717) is 23.5 Å². The Morgan fingerprint density at radius 3 is 2.30 bits per heavy atom. The zero-order valence-electron chi connectivity index (χ0n) is 17.7. The predicted octanol–water partition coefficient (Wildman–Crippen LogP) is 2.86. The van der Waals surface area contributed by atoms with Crippen molar-refractivity contribution in [1.29, 1.82) is 0 Å². The molecule has 162 valence electrons. The normalized spacial score (nSPS) is 12.3. The SMILES string of the molecule is CCOC(=O)c1ccc(NC(C)C(=O)Nc2cc(S(=O)(=O)N(C)C)ccc2C)cc1. The molecule has 2 aromatic carbocycles. The van der Waals surface area contributed by atoms with Crippen LogP contribution in [0.5, 0.6) is 0 Å². The maximum Gasteiger partial charge on any atom is 0.338 e. The van der Waals surface area contributed by atoms with Crippen LogP contribution in [-0.2, 0) is 19.6 Å². The van der Waals surface area contributed by atoms with Gasteiger partial charge in [0.05, 0.1) is 17.1 Å². The van der Waals surface area contributed by atoms with Crippen molar-refractivity contribution in [3.8, 4) is 0 Å². The summed E-state index contributed by atoms with van der Waals surface area (Å²) in [7, 11) is -0.705. The first-order chi connectivity index (χ1) is 14.1. The number of esters is 1. The molecule has 30 heavy (non-hydrogen) atoms. The molecule has 0 aliphatic heterocycles. The van der Waals surface area contributed by atoms with Crippen molar-refractivity contribution in [2.45, 2.75) is 31.7 Å². The van der Waals surface area contributed by atoms with E-state index in [9.17, 15) is 18.0 Å². The predicted molar refractivity (Wildman–Crippen MR) is 116 cm³/mol. The van der Waals surface area contributed by atoms with E-state index >= 15 is 0 Å². The van der Waals surface area contributed by atoms with E-state index in [0.717, 1.165) is 9.87 Å². The average Bonchev–Trinajstić information content (AvgIpc) is 2.70. The lowest BCUT2D eigenvalue weighted by Crippen LogP contribution is -2.32. The molecule has 2 N–H and O–H groups in total. The first-order valence-corrected chi connectivity index (χ1v) is 10.9. The van der Waals surface area contributed by atoms with Crippen LogP contribution in [-0.4, -0.2) is 51.3 Å². The number of carbonyl (C=O) groups is 2. The number of nitrogens with zero attached hydrogens (tertiary/aromatic N) is 1. The van der Waals surface area contributed by atoms with Gasteiger partial charge in [0.2, 0.25) is 15.9 Å². The summed E-state index contributed by atoms with van der Waals surface area (Å²) in [4.78, 5) is 24.4. The lowest BCUT2D eigenvalue weighted by molar-refractivity contribution is -0.116. The Balaban J connectivity index is 2.10. The summed E-state index contributed by atoms with van der Waals surface area (Å²) in [5.74, 6) is -0.732. The van der Waals surface area contributed by atoms with Crippen molar-refractivity contribution in [3.05, 3.63) is 53.6 Å². The molecule has 0 fully saturated rings. The van der Waals surface area contributed by atoms with Gasteiger partial charge in [-0.2, -0.15) is 0 Å². The monoisotopic (exact) mass is 433 g/mol. The molecule has 1 amide bonds. The molecule has 8 nitrogen and oxygen atoms in total.